The molecule has 0 spiro atoms. The fourth-order valence-electron chi connectivity index (χ4n) is 1.72. The SMILES string of the molecule is COC(=O)c1ccc(C)c(NC(=O)[C@H]2CC2(Cl)Cl)c1. The average molecular weight is 302 g/mol. The van der Waals surface area contributed by atoms with Crippen molar-refractivity contribution in [3.63, 3.8) is 0 Å². The Morgan fingerprint density at radius 3 is 2.58 bits per heavy atom. The largest absolute Gasteiger partial charge is 0.465 e. The van der Waals surface area contributed by atoms with E-state index in [1.165, 1.54) is 7.11 Å². The van der Waals surface area contributed by atoms with Crippen molar-refractivity contribution >= 4 is 40.8 Å². The summed E-state index contributed by atoms with van der Waals surface area (Å²) in [5.41, 5.74) is 1.78. The topological polar surface area (TPSA) is 55.4 Å². The number of benzene rings is 1. The quantitative estimate of drug-likeness (QED) is 0.690. The Bertz CT molecular complexity index is 543. The maximum atomic E-state index is 11.9. The standard InChI is InChI=1S/C13H13Cl2NO3/c1-7-3-4-8(12(18)19-2)5-10(7)16-11(17)9-6-13(9,14)15/h3-5,9H,6H2,1-2H3,(H,16,17)/t9-/m1/s1. The van der Waals surface area contributed by atoms with Crippen molar-refractivity contribution in [3.05, 3.63) is 29.3 Å². The first-order valence-corrected chi connectivity index (χ1v) is 6.48. The van der Waals surface area contributed by atoms with Gasteiger partial charge < -0.3 is 10.1 Å². The third-order valence-corrected chi connectivity index (χ3v) is 3.89. The molecule has 1 saturated carbocycles. The molecule has 0 heterocycles. The average Bonchev–Trinajstić information content (AvgIpc) is 3.00. The van der Waals surface area contributed by atoms with Crippen molar-refractivity contribution in [1.82, 2.24) is 0 Å². The van der Waals surface area contributed by atoms with E-state index in [0.29, 0.717) is 17.7 Å². The number of carbonyl (C=O) groups is 2. The Hall–Kier alpha value is -1.26. The molecular formula is C13H13Cl2NO3. The van der Waals surface area contributed by atoms with E-state index in [4.69, 9.17) is 23.2 Å². The van der Waals surface area contributed by atoms with E-state index in [9.17, 15) is 9.59 Å². The number of rotatable bonds is 3. The van der Waals surface area contributed by atoms with E-state index in [2.05, 4.69) is 10.1 Å². The van der Waals surface area contributed by atoms with Gasteiger partial charge in [-0.1, -0.05) is 6.07 Å². The predicted molar refractivity (Wildman–Crippen MR) is 73.7 cm³/mol. The molecule has 4 nitrogen and oxygen atoms in total. The number of hydrogen-bond donors (Lipinski definition) is 1. The number of halogens is 2. The van der Waals surface area contributed by atoms with Crippen LogP contribution in [-0.4, -0.2) is 23.3 Å². The van der Waals surface area contributed by atoms with Crippen LogP contribution in [0, 0.1) is 12.8 Å². The molecule has 1 aliphatic rings. The van der Waals surface area contributed by atoms with Gasteiger partial charge >= 0.3 is 5.97 Å². The summed E-state index contributed by atoms with van der Waals surface area (Å²) in [5, 5.41) is 2.73. The lowest BCUT2D eigenvalue weighted by molar-refractivity contribution is -0.117. The second-order valence-corrected chi connectivity index (χ2v) is 6.07. The van der Waals surface area contributed by atoms with E-state index in [1.54, 1.807) is 18.2 Å². The number of methoxy groups -OCH3 is 1. The maximum absolute atomic E-state index is 11.9. The zero-order chi connectivity index (χ0) is 14.2. The normalized spacial score (nSPS) is 19.7. The van der Waals surface area contributed by atoms with E-state index >= 15 is 0 Å². The summed E-state index contributed by atoms with van der Waals surface area (Å²) in [5.74, 6) is -1.10. The molecule has 1 aliphatic carbocycles. The van der Waals surface area contributed by atoms with Gasteiger partial charge in [0.1, 0.15) is 4.33 Å². The molecule has 0 aliphatic heterocycles. The van der Waals surface area contributed by atoms with Crippen LogP contribution in [0.3, 0.4) is 0 Å². The number of carbonyl (C=O) groups excluding carboxylic acids is 2. The van der Waals surface area contributed by atoms with Crippen LogP contribution in [0.1, 0.15) is 22.3 Å². The summed E-state index contributed by atoms with van der Waals surface area (Å²) in [7, 11) is 1.31. The highest BCUT2D eigenvalue weighted by molar-refractivity contribution is 6.52. The van der Waals surface area contributed by atoms with E-state index in [0.717, 1.165) is 5.56 Å². The number of ether oxygens (including phenoxy) is 1. The van der Waals surface area contributed by atoms with Crippen LogP contribution < -0.4 is 5.32 Å². The lowest BCUT2D eigenvalue weighted by atomic mass is 10.1. The third-order valence-electron chi connectivity index (χ3n) is 3.06. The zero-order valence-electron chi connectivity index (χ0n) is 10.5. The van der Waals surface area contributed by atoms with Gasteiger partial charge in [-0.3, -0.25) is 4.79 Å². The highest BCUT2D eigenvalue weighted by atomic mass is 35.5. The number of aryl methyl sites for hydroxylation is 1. The number of hydrogen-bond acceptors (Lipinski definition) is 3. The van der Waals surface area contributed by atoms with E-state index in [-0.39, 0.29) is 5.91 Å². The van der Waals surface area contributed by atoms with Crippen LogP contribution in [0.2, 0.25) is 0 Å². The van der Waals surface area contributed by atoms with Gasteiger partial charge in [-0.25, -0.2) is 4.79 Å². The second kappa shape index (κ2) is 5.02. The molecule has 102 valence electrons. The molecule has 2 rings (SSSR count). The van der Waals surface area contributed by atoms with Crippen LogP contribution in [0.4, 0.5) is 5.69 Å². The zero-order valence-corrected chi connectivity index (χ0v) is 12.0. The minimum Gasteiger partial charge on any atom is -0.465 e. The van der Waals surface area contributed by atoms with Crippen molar-refractivity contribution in [1.29, 1.82) is 0 Å². The molecule has 1 atom stereocenters. The van der Waals surface area contributed by atoms with Gasteiger partial charge in [-0.2, -0.15) is 0 Å². The van der Waals surface area contributed by atoms with Crippen LogP contribution in [0.25, 0.3) is 0 Å². The molecule has 1 fully saturated rings. The highest BCUT2D eigenvalue weighted by Gasteiger charge is 2.56. The van der Waals surface area contributed by atoms with Crippen LogP contribution in [0.15, 0.2) is 18.2 Å². The Labute approximate surface area is 121 Å². The Kier molecular flexibility index (Phi) is 3.74. The Morgan fingerprint density at radius 1 is 1.42 bits per heavy atom. The van der Waals surface area contributed by atoms with Gasteiger partial charge in [-0.15, -0.1) is 23.2 Å². The summed E-state index contributed by atoms with van der Waals surface area (Å²) >= 11 is 11.7. The van der Waals surface area contributed by atoms with Gasteiger partial charge in [0, 0.05) is 5.69 Å². The molecule has 0 radical (unpaired) electrons. The Balaban J connectivity index is 2.16. The molecule has 1 amide bonds. The molecule has 0 bridgehead atoms. The fraction of sp³-hybridized carbons (Fsp3) is 0.385. The fourth-order valence-corrected chi connectivity index (χ4v) is 2.23. The van der Waals surface area contributed by atoms with Crippen molar-refractivity contribution in [3.8, 4) is 0 Å². The number of anilines is 1. The molecule has 0 saturated heterocycles. The number of nitrogens with one attached hydrogen (secondary N) is 1. The second-order valence-electron chi connectivity index (χ2n) is 4.53. The lowest BCUT2D eigenvalue weighted by Gasteiger charge is -2.10. The van der Waals surface area contributed by atoms with Crippen molar-refractivity contribution in [2.75, 3.05) is 12.4 Å². The molecule has 0 unspecified atom stereocenters. The van der Waals surface area contributed by atoms with Gasteiger partial charge in [-0.05, 0) is 31.0 Å². The first-order valence-electron chi connectivity index (χ1n) is 5.73. The highest BCUT2D eigenvalue weighted by Crippen LogP contribution is 2.53. The molecule has 19 heavy (non-hydrogen) atoms. The minimum absolute atomic E-state index is 0.241. The van der Waals surface area contributed by atoms with Gasteiger partial charge in [0.05, 0.1) is 18.6 Å². The lowest BCUT2D eigenvalue weighted by Crippen LogP contribution is -2.18. The maximum Gasteiger partial charge on any atom is 0.337 e. The van der Waals surface area contributed by atoms with Crippen LogP contribution >= 0.6 is 23.2 Å². The Morgan fingerprint density at radius 2 is 2.05 bits per heavy atom. The minimum atomic E-state index is -0.960. The molecule has 1 N–H and O–H groups in total. The predicted octanol–water partition coefficient (Wildman–Crippen LogP) is 2.91. The smallest absolute Gasteiger partial charge is 0.337 e. The molecule has 0 aromatic heterocycles. The van der Waals surface area contributed by atoms with Gasteiger partial charge in [0.15, 0.2) is 0 Å². The van der Waals surface area contributed by atoms with E-state index in [1.807, 2.05) is 6.92 Å². The number of esters is 1. The van der Waals surface area contributed by atoms with Crippen LogP contribution in [0.5, 0.6) is 0 Å². The molecule has 1 aromatic rings. The summed E-state index contributed by atoms with van der Waals surface area (Å²) in [6, 6.07) is 4.95. The summed E-state index contributed by atoms with van der Waals surface area (Å²) < 4.78 is 3.67. The molecular weight excluding hydrogens is 289 g/mol. The summed E-state index contributed by atoms with van der Waals surface area (Å²) in [6.07, 6.45) is 0.442. The van der Waals surface area contributed by atoms with Crippen molar-refractivity contribution < 1.29 is 14.3 Å². The van der Waals surface area contributed by atoms with Crippen molar-refractivity contribution in [2.24, 2.45) is 5.92 Å². The number of alkyl halides is 2. The molecule has 6 heteroatoms. The summed E-state index contributed by atoms with van der Waals surface area (Å²) in [6.45, 7) is 1.83. The monoisotopic (exact) mass is 301 g/mol. The number of amides is 1. The van der Waals surface area contributed by atoms with Crippen molar-refractivity contribution in [2.45, 2.75) is 17.7 Å². The summed E-state index contributed by atoms with van der Waals surface area (Å²) in [4.78, 5) is 23.3. The first kappa shape index (κ1) is 14.2. The third kappa shape index (κ3) is 3.01. The van der Waals surface area contributed by atoms with Gasteiger partial charge in [0.2, 0.25) is 5.91 Å². The van der Waals surface area contributed by atoms with Crippen LogP contribution in [-0.2, 0) is 9.53 Å². The first-order chi connectivity index (χ1) is 8.85. The van der Waals surface area contributed by atoms with Gasteiger partial charge in [0.25, 0.3) is 0 Å². The van der Waals surface area contributed by atoms with E-state index < -0.39 is 16.2 Å². The molecule has 1 aromatic carbocycles.